The highest BCUT2D eigenvalue weighted by Crippen LogP contribution is 2.17. The van der Waals surface area contributed by atoms with Gasteiger partial charge in [0.15, 0.2) is 6.54 Å². The van der Waals surface area contributed by atoms with Gasteiger partial charge in [0.05, 0.1) is 0 Å². The van der Waals surface area contributed by atoms with Gasteiger partial charge >= 0.3 is 0 Å². The van der Waals surface area contributed by atoms with Gasteiger partial charge in [-0.15, -0.1) is 0 Å². The lowest BCUT2D eigenvalue weighted by Gasteiger charge is -2.31. The van der Waals surface area contributed by atoms with Crippen molar-refractivity contribution < 1.29 is 14.4 Å². The second-order valence-electron chi connectivity index (χ2n) is 5.60. The maximum absolute atomic E-state index is 12.2. The maximum Gasteiger partial charge on any atom is 0.279 e. The van der Waals surface area contributed by atoms with Crippen molar-refractivity contribution in [2.75, 3.05) is 25.0 Å². The summed E-state index contributed by atoms with van der Waals surface area (Å²) >= 11 is 2.27. The van der Waals surface area contributed by atoms with E-state index in [2.05, 4.69) is 47.8 Å². The molecule has 4 nitrogen and oxygen atoms in total. The number of rotatable bonds is 3. The van der Waals surface area contributed by atoms with Gasteiger partial charge in [-0.1, -0.05) is 0 Å². The van der Waals surface area contributed by atoms with Crippen LogP contribution in [0.4, 0.5) is 5.69 Å². The van der Waals surface area contributed by atoms with Crippen LogP contribution in [0, 0.1) is 10.5 Å². The Labute approximate surface area is 134 Å². The Morgan fingerprint density at radius 2 is 2.05 bits per heavy atom. The first-order chi connectivity index (χ1) is 9.44. The molecule has 0 radical (unpaired) electrons. The average molecular weight is 389 g/mol. The van der Waals surface area contributed by atoms with Gasteiger partial charge in [-0.25, -0.2) is 0 Å². The van der Waals surface area contributed by atoms with Crippen LogP contribution >= 0.6 is 22.6 Å². The van der Waals surface area contributed by atoms with Crippen LogP contribution in [0.15, 0.2) is 18.2 Å². The summed E-state index contributed by atoms with van der Waals surface area (Å²) in [4.78, 5) is 13.4. The van der Waals surface area contributed by atoms with E-state index >= 15 is 0 Å². The topological polar surface area (TPSA) is 42.8 Å². The van der Waals surface area contributed by atoms with Gasteiger partial charge in [0, 0.05) is 9.26 Å². The molecule has 5 heteroatoms. The highest BCUT2D eigenvalue weighted by atomic mass is 127. The molecule has 2 N–H and O–H groups in total. The van der Waals surface area contributed by atoms with Crippen LogP contribution in [0.1, 0.15) is 19.4 Å². The first kappa shape index (κ1) is 15.7. The summed E-state index contributed by atoms with van der Waals surface area (Å²) in [6.45, 7) is 8.44. The zero-order valence-electron chi connectivity index (χ0n) is 12.2. The number of nitrogens with one attached hydrogen (secondary N) is 2. The number of hydrogen-bond acceptors (Lipinski definition) is 2. The van der Waals surface area contributed by atoms with E-state index in [1.165, 1.54) is 8.47 Å². The van der Waals surface area contributed by atoms with Crippen LogP contribution in [0.5, 0.6) is 0 Å². The Morgan fingerprint density at radius 3 is 2.65 bits per heavy atom. The summed E-state index contributed by atoms with van der Waals surface area (Å²) in [5.74, 6) is 0.0746. The summed E-state index contributed by atoms with van der Waals surface area (Å²) in [5, 5.41) is 3.01. The SMILES string of the molecule is Cc1cc(I)ccc1NC(=O)C[NH+]1C[C@@H](C)O[C@H](C)C1. The highest BCUT2D eigenvalue weighted by molar-refractivity contribution is 14.1. The van der Waals surface area contributed by atoms with Crippen molar-refractivity contribution in [2.24, 2.45) is 0 Å². The molecule has 0 bridgehead atoms. The Balaban J connectivity index is 1.92. The quantitative estimate of drug-likeness (QED) is 0.764. The number of aryl methyl sites for hydroxylation is 1. The predicted octanol–water partition coefficient (Wildman–Crippen LogP) is 1.23. The third kappa shape index (κ3) is 4.43. The number of benzene rings is 1. The molecule has 1 aliphatic heterocycles. The molecular formula is C15H22IN2O2+. The number of quaternary nitrogens is 1. The van der Waals surface area contributed by atoms with E-state index in [-0.39, 0.29) is 18.1 Å². The molecule has 1 aliphatic rings. The molecule has 1 aromatic rings. The lowest BCUT2D eigenvalue weighted by atomic mass is 10.2. The molecule has 1 amide bonds. The minimum Gasteiger partial charge on any atom is -0.364 e. The molecule has 2 rings (SSSR count). The molecular weight excluding hydrogens is 367 g/mol. The molecule has 0 spiro atoms. The van der Waals surface area contributed by atoms with Crippen LogP contribution in [-0.4, -0.2) is 37.7 Å². The van der Waals surface area contributed by atoms with Gasteiger partial charge in [0.25, 0.3) is 5.91 Å². The van der Waals surface area contributed by atoms with E-state index in [0.29, 0.717) is 6.54 Å². The Bertz CT molecular complexity index is 483. The van der Waals surface area contributed by atoms with Crippen molar-refractivity contribution in [3.63, 3.8) is 0 Å². The fourth-order valence-electron chi connectivity index (χ4n) is 2.72. The summed E-state index contributed by atoms with van der Waals surface area (Å²) < 4.78 is 6.88. The molecule has 0 aromatic heterocycles. The lowest BCUT2D eigenvalue weighted by molar-refractivity contribution is -0.907. The molecule has 0 aliphatic carbocycles. The summed E-state index contributed by atoms with van der Waals surface area (Å²) in [6, 6.07) is 6.05. The summed E-state index contributed by atoms with van der Waals surface area (Å²) in [5.41, 5.74) is 2.01. The minimum atomic E-state index is 0.0746. The monoisotopic (exact) mass is 389 g/mol. The molecule has 1 heterocycles. The van der Waals surface area contributed by atoms with Crippen molar-refractivity contribution in [2.45, 2.75) is 33.0 Å². The number of halogens is 1. The first-order valence-electron chi connectivity index (χ1n) is 6.99. The molecule has 110 valence electrons. The number of ether oxygens (including phenoxy) is 1. The van der Waals surface area contributed by atoms with E-state index in [1.807, 2.05) is 19.1 Å². The average Bonchev–Trinajstić information content (AvgIpc) is 2.31. The maximum atomic E-state index is 12.2. The Hall–Kier alpha value is -0.660. The van der Waals surface area contributed by atoms with Gasteiger partial charge in [-0.3, -0.25) is 4.79 Å². The van der Waals surface area contributed by atoms with Crippen LogP contribution in [0.2, 0.25) is 0 Å². The molecule has 1 aromatic carbocycles. The molecule has 0 saturated carbocycles. The third-order valence-corrected chi connectivity index (χ3v) is 4.16. The number of hydrogen-bond donors (Lipinski definition) is 2. The van der Waals surface area contributed by atoms with E-state index in [0.717, 1.165) is 24.3 Å². The number of carbonyl (C=O) groups is 1. The molecule has 2 atom stereocenters. The second kappa shape index (κ2) is 6.87. The third-order valence-electron chi connectivity index (χ3n) is 3.49. The number of anilines is 1. The zero-order chi connectivity index (χ0) is 14.7. The predicted molar refractivity (Wildman–Crippen MR) is 88.1 cm³/mol. The van der Waals surface area contributed by atoms with E-state index in [1.54, 1.807) is 0 Å². The smallest absolute Gasteiger partial charge is 0.279 e. The van der Waals surface area contributed by atoms with Crippen molar-refractivity contribution in [3.8, 4) is 0 Å². The van der Waals surface area contributed by atoms with Gasteiger partial charge < -0.3 is 15.0 Å². The fraction of sp³-hybridized carbons (Fsp3) is 0.533. The van der Waals surface area contributed by atoms with E-state index in [4.69, 9.17) is 4.74 Å². The van der Waals surface area contributed by atoms with Crippen LogP contribution in [0.3, 0.4) is 0 Å². The zero-order valence-corrected chi connectivity index (χ0v) is 14.4. The molecule has 1 saturated heterocycles. The van der Waals surface area contributed by atoms with E-state index < -0.39 is 0 Å². The van der Waals surface area contributed by atoms with Crippen molar-refractivity contribution in [3.05, 3.63) is 27.3 Å². The standard InChI is InChI=1S/C15H21IN2O2/c1-10-6-13(16)4-5-14(10)17-15(19)9-18-7-11(2)20-12(3)8-18/h4-6,11-12H,7-9H2,1-3H3,(H,17,19)/p+1/t11-,12-/m1/s1. The molecule has 1 fully saturated rings. The van der Waals surface area contributed by atoms with Crippen molar-refractivity contribution in [1.29, 1.82) is 0 Å². The van der Waals surface area contributed by atoms with Crippen LogP contribution in [0.25, 0.3) is 0 Å². The van der Waals surface area contributed by atoms with Gasteiger partial charge in [0.1, 0.15) is 25.3 Å². The van der Waals surface area contributed by atoms with E-state index in [9.17, 15) is 4.79 Å². The van der Waals surface area contributed by atoms with Gasteiger partial charge in [-0.05, 0) is 67.1 Å². The van der Waals surface area contributed by atoms with Crippen molar-refractivity contribution in [1.82, 2.24) is 0 Å². The Kier molecular flexibility index (Phi) is 5.40. The minimum absolute atomic E-state index is 0.0746. The van der Waals surface area contributed by atoms with Crippen LogP contribution < -0.4 is 10.2 Å². The largest absolute Gasteiger partial charge is 0.364 e. The number of amides is 1. The van der Waals surface area contributed by atoms with Crippen molar-refractivity contribution >= 4 is 34.2 Å². The summed E-state index contributed by atoms with van der Waals surface area (Å²) in [7, 11) is 0. The second-order valence-corrected chi connectivity index (χ2v) is 6.85. The van der Waals surface area contributed by atoms with Gasteiger partial charge in [-0.2, -0.15) is 0 Å². The summed E-state index contributed by atoms with van der Waals surface area (Å²) in [6.07, 6.45) is 0.447. The fourth-order valence-corrected chi connectivity index (χ4v) is 3.37. The number of carbonyl (C=O) groups excluding carboxylic acids is 1. The Morgan fingerprint density at radius 1 is 1.40 bits per heavy atom. The van der Waals surface area contributed by atoms with Gasteiger partial charge in [0.2, 0.25) is 0 Å². The molecule has 20 heavy (non-hydrogen) atoms. The first-order valence-corrected chi connectivity index (χ1v) is 8.07. The van der Waals surface area contributed by atoms with Crippen LogP contribution in [-0.2, 0) is 9.53 Å². The number of morpholine rings is 1. The highest BCUT2D eigenvalue weighted by Gasteiger charge is 2.27. The molecule has 0 unspecified atom stereocenters. The normalized spacial score (nSPS) is 26.3. The lowest BCUT2D eigenvalue weighted by Crippen LogP contribution is -3.16.